The average molecular weight is 197 g/mol. The molecule has 0 spiro atoms. The van der Waals surface area contributed by atoms with Crippen molar-refractivity contribution in [3.63, 3.8) is 0 Å². The SMILES string of the molecule is Clc1cccc(N[C@H]2CCNC2)c1. The first-order chi connectivity index (χ1) is 6.34. The van der Waals surface area contributed by atoms with Gasteiger partial charge in [-0.1, -0.05) is 17.7 Å². The van der Waals surface area contributed by atoms with Gasteiger partial charge in [0.2, 0.25) is 0 Å². The van der Waals surface area contributed by atoms with Gasteiger partial charge in [0.25, 0.3) is 0 Å². The molecule has 0 unspecified atom stereocenters. The van der Waals surface area contributed by atoms with Crippen LogP contribution in [0.1, 0.15) is 6.42 Å². The van der Waals surface area contributed by atoms with Gasteiger partial charge >= 0.3 is 0 Å². The predicted molar refractivity (Wildman–Crippen MR) is 56.3 cm³/mol. The third kappa shape index (κ3) is 2.36. The van der Waals surface area contributed by atoms with Gasteiger partial charge in [0, 0.05) is 23.3 Å². The zero-order valence-electron chi connectivity index (χ0n) is 7.39. The van der Waals surface area contributed by atoms with Gasteiger partial charge in [-0.2, -0.15) is 0 Å². The van der Waals surface area contributed by atoms with E-state index in [2.05, 4.69) is 10.6 Å². The molecule has 2 nitrogen and oxygen atoms in total. The first-order valence-electron chi connectivity index (χ1n) is 4.57. The van der Waals surface area contributed by atoms with Crippen LogP contribution in [0.2, 0.25) is 5.02 Å². The maximum atomic E-state index is 5.87. The van der Waals surface area contributed by atoms with Crippen molar-refractivity contribution >= 4 is 17.3 Å². The molecule has 1 atom stereocenters. The summed E-state index contributed by atoms with van der Waals surface area (Å²) in [4.78, 5) is 0. The monoisotopic (exact) mass is 196 g/mol. The minimum absolute atomic E-state index is 0.554. The molecule has 13 heavy (non-hydrogen) atoms. The Morgan fingerprint density at radius 2 is 2.38 bits per heavy atom. The Morgan fingerprint density at radius 1 is 1.46 bits per heavy atom. The maximum Gasteiger partial charge on any atom is 0.0426 e. The van der Waals surface area contributed by atoms with E-state index in [4.69, 9.17) is 11.6 Å². The summed E-state index contributed by atoms with van der Waals surface area (Å²) in [5, 5.41) is 7.53. The molecular formula is C10H13ClN2. The zero-order chi connectivity index (χ0) is 9.10. The molecule has 1 saturated heterocycles. The molecule has 1 fully saturated rings. The Kier molecular flexibility index (Phi) is 2.71. The lowest BCUT2D eigenvalue weighted by Crippen LogP contribution is -2.21. The molecule has 1 aromatic rings. The molecule has 1 heterocycles. The second-order valence-corrected chi connectivity index (χ2v) is 3.78. The molecule has 0 amide bonds. The number of hydrogen-bond donors (Lipinski definition) is 2. The highest BCUT2D eigenvalue weighted by atomic mass is 35.5. The van der Waals surface area contributed by atoms with Crippen LogP contribution in [0.4, 0.5) is 5.69 Å². The van der Waals surface area contributed by atoms with Crippen LogP contribution >= 0.6 is 11.6 Å². The van der Waals surface area contributed by atoms with Gasteiger partial charge in [-0.25, -0.2) is 0 Å². The van der Waals surface area contributed by atoms with Gasteiger partial charge in [-0.05, 0) is 31.2 Å². The summed E-state index contributed by atoms with van der Waals surface area (Å²) < 4.78 is 0. The minimum Gasteiger partial charge on any atom is -0.381 e. The summed E-state index contributed by atoms with van der Waals surface area (Å²) in [5.74, 6) is 0. The highest BCUT2D eigenvalue weighted by molar-refractivity contribution is 6.30. The number of rotatable bonds is 2. The van der Waals surface area contributed by atoms with E-state index in [9.17, 15) is 0 Å². The number of hydrogen-bond acceptors (Lipinski definition) is 2. The van der Waals surface area contributed by atoms with Crippen molar-refractivity contribution < 1.29 is 0 Å². The van der Waals surface area contributed by atoms with E-state index in [0.717, 1.165) is 23.8 Å². The van der Waals surface area contributed by atoms with E-state index in [1.807, 2.05) is 24.3 Å². The quantitative estimate of drug-likeness (QED) is 0.757. The van der Waals surface area contributed by atoms with E-state index in [-0.39, 0.29) is 0 Å². The van der Waals surface area contributed by atoms with Crippen LogP contribution in [0.3, 0.4) is 0 Å². The second-order valence-electron chi connectivity index (χ2n) is 3.34. The molecular weight excluding hydrogens is 184 g/mol. The first kappa shape index (κ1) is 8.85. The van der Waals surface area contributed by atoms with Crippen LogP contribution in [-0.4, -0.2) is 19.1 Å². The number of anilines is 1. The Hall–Kier alpha value is -0.730. The van der Waals surface area contributed by atoms with E-state index in [1.54, 1.807) is 0 Å². The summed E-state index contributed by atoms with van der Waals surface area (Å²) in [7, 11) is 0. The standard InChI is InChI=1S/C10H13ClN2/c11-8-2-1-3-9(6-8)13-10-4-5-12-7-10/h1-3,6,10,12-13H,4-5,7H2/t10-/m0/s1. The Bertz CT molecular complexity index is 282. The van der Waals surface area contributed by atoms with Gasteiger partial charge < -0.3 is 10.6 Å². The fourth-order valence-corrected chi connectivity index (χ4v) is 1.78. The zero-order valence-corrected chi connectivity index (χ0v) is 8.14. The molecule has 0 bridgehead atoms. The van der Waals surface area contributed by atoms with Crippen LogP contribution in [0.25, 0.3) is 0 Å². The van der Waals surface area contributed by atoms with Crippen molar-refractivity contribution in [2.24, 2.45) is 0 Å². The fraction of sp³-hybridized carbons (Fsp3) is 0.400. The molecule has 2 N–H and O–H groups in total. The molecule has 70 valence electrons. The molecule has 0 aromatic heterocycles. The van der Waals surface area contributed by atoms with Crippen LogP contribution < -0.4 is 10.6 Å². The lowest BCUT2D eigenvalue weighted by Gasteiger charge is -2.12. The van der Waals surface area contributed by atoms with Crippen LogP contribution in [0.5, 0.6) is 0 Å². The maximum absolute atomic E-state index is 5.87. The van der Waals surface area contributed by atoms with Crippen molar-refractivity contribution in [2.45, 2.75) is 12.5 Å². The molecule has 2 rings (SSSR count). The third-order valence-corrected chi connectivity index (χ3v) is 2.49. The number of benzene rings is 1. The molecule has 0 saturated carbocycles. The molecule has 3 heteroatoms. The van der Waals surface area contributed by atoms with Gasteiger partial charge in [0.1, 0.15) is 0 Å². The van der Waals surface area contributed by atoms with Crippen molar-refractivity contribution in [2.75, 3.05) is 18.4 Å². The van der Waals surface area contributed by atoms with Crippen LogP contribution in [0, 0.1) is 0 Å². The average Bonchev–Trinajstić information content (AvgIpc) is 2.57. The highest BCUT2D eigenvalue weighted by Gasteiger charge is 2.13. The summed E-state index contributed by atoms with van der Waals surface area (Å²) >= 11 is 5.87. The first-order valence-corrected chi connectivity index (χ1v) is 4.95. The van der Waals surface area contributed by atoms with E-state index in [1.165, 1.54) is 6.42 Å². The summed E-state index contributed by atoms with van der Waals surface area (Å²) in [5.41, 5.74) is 1.11. The number of nitrogens with one attached hydrogen (secondary N) is 2. The molecule has 1 aliphatic heterocycles. The third-order valence-electron chi connectivity index (χ3n) is 2.26. The van der Waals surface area contributed by atoms with E-state index in [0.29, 0.717) is 6.04 Å². The van der Waals surface area contributed by atoms with Crippen molar-refractivity contribution in [1.82, 2.24) is 5.32 Å². The van der Waals surface area contributed by atoms with Gasteiger partial charge in [-0.15, -0.1) is 0 Å². The van der Waals surface area contributed by atoms with Gasteiger partial charge in [0.15, 0.2) is 0 Å². The highest BCUT2D eigenvalue weighted by Crippen LogP contribution is 2.16. The van der Waals surface area contributed by atoms with Gasteiger partial charge in [0.05, 0.1) is 0 Å². The molecule has 1 aliphatic rings. The van der Waals surface area contributed by atoms with E-state index < -0.39 is 0 Å². The van der Waals surface area contributed by atoms with Crippen molar-refractivity contribution in [3.8, 4) is 0 Å². The smallest absolute Gasteiger partial charge is 0.0426 e. The Labute approximate surface area is 83.3 Å². The summed E-state index contributed by atoms with van der Waals surface area (Å²) in [6, 6.07) is 8.41. The Morgan fingerprint density at radius 3 is 3.08 bits per heavy atom. The molecule has 0 aliphatic carbocycles. The van der Waals surface area contributed by atoms with E-state index >= 15 is 0 Å². The molecule has 0 radical (unpaired) electrons. The summed E-state index contributed by atoms with van der Waals surface area (Å²) in [6.07, 6.45) is 1.19. The summed E-state index contributed by atoms with van der Waals surface area (Å²) in [6.45, 7) is 2.16. The van der Waals surface area contributed by atoms with Gasteiger partial charge in [-0.3, -0.25) is 0 Å². The topological polar surface area (TPSA) is 24.1 Å². The van der Waals surface area contributed by atoms with Crippen LogP contribution in [0.15, 0.2) is 24.3 Å². The van der Waals surface area contributed by atoms with Crippen molar-refractivity contribution in [3.05, 3.63) is 29.3 Å². The fourth-order valence-electron chi connectivity index (χ4n) is 1.59. The molecule has 1 aromatic carbocycles. The minimum atomic E-state index is 0.554. The second kappa shape index (κ2) is 3.99. The lowest BCUT2D eigenvalue weighted by atomic mass is 10.2. The Balaban J connectivity index is 2.00. The number of halogens is 1. The normalized spacial score (nSPS) is 21.8. The van der Waals surface area contributed by atoms with Crippen molar-refractivity contribution in [1.29, 1.82) is 0 Å². The largest absolute Gasteiger partial charge is 0.381 e. The lowest BCUT2D eigenvalue weighted by molar-refractivity contribution is 0.793. The predicted octanol–water partition coefficient (Wildman–Crippen LogP) is 2.11. The van der Waals surface area contributed by atoms with Crippen LogP contribution in [-0.2, 0) is 0 Å².